The highest BCUT2D eigenvalue weighted by atomic mass is 16.7. The first-order valence-electron chi connectivity index (χ1n) is 19.5. The number of carbonyl (C=O) groups excluding carboxylic acids is 1. The number of aliphatic hydroxyl groups is 2. The van der Waals surface area contributed by atoms with Crippen LogP contribution in [0.25, 0.3) is 0 Å². The Balaban J connectivity index is 1.04. The van der Waals surface area contributed by atoms with Crippen LogP contribution in [0.2, 0.25) is 0 Å². The number of methoxy groups -OCH3 is 1. The summed E-state index contributed by atoms with van der Waals surface area (Å²) in [4.78, 5) is 13.9. The van der Waals surface area contributed by atoms with Gasteiger partial charge in [-0.2, -0.15) is 0 Å². The number of carbonyl (C=O) groups is 1. The molecule has 0 aliphatic carbocycles. The lowest BCUT2D eigenvalue weighted by molar-refractivity contribution is -0.283. The van der Waals surface area contributed by atoms with Crippen molar-refractivity contribution in [1.29, 1.82) is 0 Å². The van der Waals surface area contributed by atoms with Crippen LogP contribution in [0.3, 0.4) is 0 Å². The van der Waals surface area contributed by atoms with Crippen LogP contribution in [0, 0.1) is 11.8 Å². The van der Waals surface area contributed by atoms with Gasteiger partial charge in [-0.05, 0) is 62.0 Å². The van der Waals surface area contributed by atoms with Crippen LogP contribution >= 0.6 is 0 Å². The smallest absolute Gasteiger partial charge is 0.135 e. The van der Waals surface area contributed by atoms with Gasteiger partial charge in [0.05, 0.1) is 74.3 Å². The van der Waals surface area contributed by atoms with Crippen LogP contribution in [0.4, 0.5) is 0 Å². The Hall–Kier alpha value is -1.29. The molecular formula is C39H58O12. The second-order valence-electron chi connectivity index (χ2n) is 16.5. The van der Waals surface area contributed by atoms with E-state index in [1.807, 2.05) is 0 Å². The number of hydrogen-bond donors (Lipinski definition) is 2. The number of rotatable bonds is 4. The number of fused-ring (bicyclic) bond motifs is 2. The maximum atomic E-state index is 13.9. The van der Waals surface area contributed by atoms with Crippen LogP contribution in [-0.2, 0) is 47.4 Å². The zero-order valence-corrected chi connectivity index (χ0v) is 30.2. The van der Waals surface area contributed by atoms with Crippen molar-refractivity contribution in [3.8, 4) is 0 Å². The molecule has 10 aliphatic rings. The minimum Gasteiger partial charge on any atom is -0.394 e. The molecule has 0 aromatic carbocycles. The minimum atomic E-state index is -0.950. The zero-order valence-electron chi connectivity index (χ0n) is 30.2. The minimum absolute atomic E-state index is 0.0188. The van der Waals surface area contributed by atoms with E-state index >= 15 is 0 Å². The molecule has 286 valence electrons. The quantitative estimate of drug-likeness (QED) is 0.413. The molecule has 0 radical (unpaired) electrons. The normalized spacial score (nSPS) is 49.6. The fourth-order valence-corrected chi connectivity index (χ4v) is 10.4. The highest BCUT2D eigenvalue weighted by Gasteiger charge is 2.61. The first-order valence-corrected chi connectivity index (χ1v) is 19.5. The summed E-state index contributed by atoms with van der Waals surface area (Å²) in [7, 11) is 1.62. The molecule has 0 aromatic rings. The van der Waals surface area contributed by atoms with E-state index in [2.05, 4.69) is 20.1 Å². The third-order valence-electron chi connectivity index (χ3n) is 13.1. The van der Waals surface area contributed by atoms with E-state index in [4.69, 9.17) is 42.6 Å². The van der Waals surface area contributed by atoms with E-state index in [1.54, 1.807) is 7.11 Å². The van der Waals surface area contributed by atoms with Crippen molar-refractivity contribution >= 4 is 5.78 Å². The molecule has 18 atom stereocenters. The molecule has 10 saturated heterocycles. The van der Waals surface area contributed by atoms with Gasteiger partial charge in [0.25, 0.3) is 0 Å². The Bertz CT molecular complexity index is 1280. The maximum Gasteiger partial charge on any atom is 0.135 e. The maximum absolute atomic E-state index is 13.9. The van der Waals surface area contributed by atoms with Gasteiger partial charge < -0.3 is 52.8 Å². The predicted octanol–water partition coefficient (Wildman–Crippen LogP) is 2.98. The van der Waals surface area contributed by atoms with Crippen molar-refractivity contribution in [1.82, 2.24) is 0 Å². The average molecular weight is 719 g/mol. The summed E-state index contributed by atoms with van der Waals surface area (Å²) in [5.41, 5.74) is 2.16. The Morgan fingerprint density at radius 1 is 0.765 bits per heavy atom. The zero-order chi connectivity index (χ0) is 35.4. The molecule has 11 bridgehead atoms. The standard InChI is InChI=1S/C39H58O12/c1-19-11-24-5-7-28-20(2)12-26(46-28)9-10-44-35-33-18-45-37-36-29(50-38(35)39(37)51-33)8-6-25(48-36)13-22(41)14-27-31(16-30(47-24)21(19)3)49-32(34(27)43-4)15-23(42)17-40/h19,23-40,42H,2-3,5-18H2,1,4H3/t19-,23+,24+,25-,26+,27+,28+,29+,30-,31?,32-,33?,34-,35-,36+,37+,38+,39+/m1/s1. The van der Waals surface area contributed by atoms with Crippen molar-refractivity contribution in [2.24, 2.45) is 11.8 Å². The molecule has 12 nitrogen and oxygen atoms in total. The lowest BCUT2D eigenvalue weighted by Crippen LogP contribution is -2.62. The fraction of sp³-hybridized carbons (Fsp3) is 0.872. The van der Waals surface area contributed by atoms with Gasteiger partial charge in [0.15, 0.2) is 0 Å². The van der Waals surface area contributed by atoms with Gasteiger partial charge in [-0.1, -0.05) is 20.1 Å². The van der Waals surface area contributed by atoms with Crippen LogP contribution in [0.5, 0.6) is 0 Å². The largest absolute Gasteiger partial charge is 0.394 e. The van der Waals surface area contributed by atoms with Gasteiger partial charge in [0.1, 0.15) is 42.4 Å². The number of ketones is 1. The van der Waals surface area contributed by atoms with Crippen LogP contribution in [-0.4, -0.2) is 141 Å². The van der Waals surface area contributed by atoms with Gasteiger partial charge >= 0.3 is 0 Å². The Morgan fingerprint density at radius 2 is 1.53 bits per heavy atom. The highest BCUT2D eigenvalue weighted by Crippen LogP contribution is 2.45. The molecule has 10 rings (SSSR count). The van der Waals surface area contributed by atoms with Gasteiger partial charge in [0.2, 0.25) is 0 Å². The topological polar surface area (TPSA) is 141 Å². The number of ether oxygens (including phenoxy) is 9. The van der Waals surface area contributed by atoms with Crippen molar-refractivity contribution < 1.29 is 57.6 Å². The highest BCUT2D eigenvalue weighted by molar-refractivity contribution is 5.79. The van der Waals surface area contributed by atoms with E-state index in [0.29, 0.717) is 26.1 Å². The third kappa shape index (κ3) is 7.42. The summed E-state index contributed by atoms with van der Waals surface area (Å²) in [5.74, 6) is 0.0776. The molecule has 0 saturated carbocycles. The molecule has 51 heavy (non-hydrogen) atoms. The summed E-state index contributed by atoms with van der Waals surface area (Å²) < 4.78 is 58.5. The molecule has 12 heteroatoms. The SMILES string of the molecule is C=C1C[C@@H]2CCO[C@@H]3C4CO[C@@H]5[C@H](O4)[C@H]3O[C@H]3CC[C@H](CC(=O)C[C@H]4C(C[C@H]6O[C@@H](CC[C@@H]1O2)C[C@@H](C)C6=C)O[C@H](C[C@H](O)CO)[C@@H]4OC)O[C@H]53. The van der Waals surface area contributed by atoms with E-state index in [0.717, 1.165) is 49.7 Å². The number of Topliss-reactive ketones (excluding diaryl/α,β-unsaturated/α-hetero) is 1. The molecule has 10 heterocycles. The number of hydrogen-bond acceptors (Lipinski definition) is 12. The van der Waals surface area contributed by atoms with Crippen LogP contribution < -0.4 is 0 Å². The lowest BCUT2D eigenvalue weighted by atomic mass is 9.81. The average Bonchev–Trinajstić information content (AvgIpc) is 3.74. The van der Waals surface area contributed by atoms with Crippen LogP contribution in [0.15, 0.2) is 24.3 Å². The van der Waals surface area contributed by atoms with Crippen molar-refractivity contribution in [3.05, 3.63) is 24.3 Å². The monoisotopic (exact) mass is 718 g/mol. The lowest BCUT2D eigenvalue weighted by Gasteiger charge is -2.48. The molecule has 10 aliphatic heterocycles. The first kappa shape index (κ1) is 36.7. The summed E-state index contributed by atoms with van der Waals surface area (Å²) in [5, 5.41) is 20.0. The van der Waals surface area contributed by atoms with E-state index in [-0.39, 0.29) is 123 Å². The van der Waals surface area contributed by atoms with Crippen molar-refractivity contribution in [2.75, 3.05) is 26.9 Å². The third-order valence-corrected chi connectivity index (χ3v) is 13.1. The molecule has 2 N–H and O–H groups in total. The molecule has 10 fully saturated rings. The second-order valence-corrected chi connectivity index (χ2v) is 16.5. The summed E-state index contributed by atoms with van der Waals surface area (Å²) >= 11 is 0. The Kier molecular flexibility index (Phi) is 11.1. The van der Waals surface area contributed by atoms with E-state index in [9.17, 15) is 15.0 Å². The van der Waals surface area contributed by atoms with E-state index < -0.39 is 18.3 Å². The first-order chi connectivity index (χ1) is 24.7. The number of aliphatic hydroxyl groups excluding tert-OH is 2. The van der Waals surface area contributed by atoms with Gasteiger partial charge in [0, 0.05) is 45.3 Å². The summed E-state index contributed by atoms with van der Waals surface area (Å²) in [6.07, 6.45) is 2.58. The van der Waals surface area contributed by atoms with E-state index in [1.165, 1.54) is 0 Å². The van der Waals surface area contributed by atoms with Crippen molar-refractivity contribution in [3.63, 3.8) is 0 Å². The fourth-order valence-electron chi connectivity index (χ4n) is 10.4. The second kappa shape index (κ2) is 15.5. The molecular weight excluding hydrogens is 660 g/mol. The van der Waals surface area contributed by atoms with Gasteiger partial charge in [-0.15, -0.1) is 0 Å². The Labute approximate surface area is 301 Å². The van der Waals surface area contributed by atoms with Crippen LogP contribution in [0.1, 0.15) is 77.6 Å². The van der Waals surface area contributed by atoms with Crippen molar-refractivity contribution in [2.45, 2.75) is 175 Å². The summed E-state index contributed by atoms with van der Waals surface area (Å²) in [6, 6.07) is 0. The molecule has 0 aromatic heterocycles. The Morgan fingerprint density at radius 3 is 2.35 bits per heavy atom. The molecule has 2 unspecified atom stereocenters. The molecule has 0 spiro atoms. The summed E-state index contributed by atoms with van der Waals surface area (Å²) in [6.45, 7) is 11.6. The predicted molar refractivity (Wildman–Crippen MR) is 182 cm³/mol. The molecule has 0 amide bonds. The van der Waals surface area contributed by atoms with Gasteiger partial charge in [-0.25, -0.2) is 0 Å². The van der Waals surface area contributed by atoms with Gasteiger partial charge in [-0.3, -0.25) is 4.79 Å².